The van der Waals surface area contributed by atoms with Crippen LogP contribution in [0.2, 0.25) is 0 Å². The molecule has 0 aliphatic rings. The molecule has 9 nitrogen and oxygen atoms in total. The number of carbonyl (C=O) groups excluding carboxylic acids is 3. The quantitative estimate of drug-likeness (QED) is 0.698. The van der Waals surface area contributed by atoms with Crippen LogP contribution in [0.1, 0.15) is 30.6 Å². The first-order chi connectivity index (χ1) is 11.0. The summed E-state index contributed by atoms with van der Waals surface area (Å²) in [6.45, 7) is 3.74. The molecule has 0 radical (unpaired) electrons. The first kappa shape index (κ1) is 18.4. The fourth-order valence-electron chi connectivity index (χ4n) is 1.43. The van der Waals surface area contributed by atoms with Crippen LogP contribution < -0.4 is 20.5 Å². The van der Waals surface area contributed by atoms with Gasteiger partial charge < -0.3 is 19.9 Å². The minimum absolute atomic E-state index is 0.0905. The third kappa shape index (κ3) is 5.91. The smallest absolute Gasteiger partial charge is 0.420 e. The first-order valence-corrected chi connectivity index (χ1v) is 7.03. The summed E-state index contributed by atoms with van der Waals surface area (Å²) in [6, 6.07) is 1.36. The van der Waals surface area contributed by atoms with E-state index in [1.54, 1.807) is 6.92 Å². The van der Waals surface area contributed by atoms with E-state index < -0.39 is 18.0 Å². The number of esters is 1. The van der Waals surface area contributed by atoms with Gasteiger partial charge in [-0.3, -0.25) is 10.1 Å². The van der Waals surface area contributed by atoms with E-state index in [1.165, 1.54) is 12.3 Å². The molecule has 0 aliphatic carbocycles. The average molecular weight is 325 g/mol. The number of hydrogen-bond donors (Lipinski definition) is 2. The molecule has 1 heterocycles. The molecule has 1 aromatic rings. The number of carbonyl (C=O) groups is 3. The molecule has 1 aromatic heterocycles. The van der Waals surface area contributed by atoms with Crippen LogP contribution in [-0.4, -0.2) is 42.7 Å². The zero-order valence-corrected chi connectivity index (χ0v) is 13.0. The van der Waals surface area contributed by atoms with Crippen molar-refractivity contribution in [3.63, 3.8) is 0 Å². The van der Waals surface area contributed by atoms with Crippen molar-refractivity contribution in [2.24, 2.45) is 5.73 Å². The molecule has 1 rings (SSSR count). The summed E-state index contributed by atoms with van der Waals surface area (Å²) in [5, 5.41) is 1.91. The van der Waals surface area contributed by atoms with Gasteiger partial charge in [-0.1, -0.05) is 6.92 Å². The summed E-state index contributed by atoms with van der Waals surface area (Å²) in [4.78, 5) is 38.1. The van der Waals surface area contributed by atoms with Crippen molar-refractivity contribution in [3.8, 4) is 11.6 Å². The van der Waals surface area contributed by atoms with Crippen LogP contribution in [-0.2, 0) is 9.53 Å². The van der Waals surface area contributed by atoms with Crippen LogP contribution in [0.4, 0.5) is 4.79 Å². The predicted octanol–water partition coefficient (Wildman–Crippen LogP) is 0.621. The standard InChI is InChI=1S/C14H19N3O6/c1-3-5-22-10-6-9(13(19)21-4-2)8-16-12(10)23-14(20)17-11(18)7-15/h6,8H,3-5,7,15H2,1-2H3,(H,17,18,20). The number of hydrogen-bond acceptors (Lipinski definition) is 8. The van der Waals surface area contributed by atoms with Gasteiger partial charge in [-0.25, -0.2) is 14.6 Å². The Morgan fingerprint density at radius 2 is 2.04 bits per heavy atom. The molecule has 0 atom stereocenters. The molecule has 2 amide bonds. The number of ether oxygens (including phenoxy) is 3. The summed E-state index contributed by atoms with van der Waals surface area (Å²) < 4.78 is 15.2. The Bertz CT molecular complexity index is 576. The van der Waals surface area contributed by atoms with E-state index in [4.69, 9.17) is 19.9 Å². The SMILES string of the molecule is CCCOc1cc(C(=O)OCC)cnc1OC(=O)NC(=O)CN. The van der Waals surface area contributed by atoms with Crippen molar-refractivity contribution in [1.29, 1.82) is 0 Å². The number of pyridine rings is 1. The van der Waals surface area contributed by atoms with Crippen LogP contribution in [0.15, 0.2) is 12.3 Å². The van der Waals surface area contributed by atoms with Gasteiger partial charge in [-0.05, 0) is 13.3 Å². The average Bonchev–Trinajstić information content (AvgIpc) is 2.53. The summed E-state index contributed by atoms with van der Waals surface area (Å²) in [5.74, 6) is -1.36. The zero-order valence-electron chi connectivity index (χ0n) is 13.0. The fourth-order valence-corrected chi connectivity index (χ4v) is 1.43. The van der Waals surface area contributed by atoms with E-state index in [0.29, 0.717) is 13.0 Å². The Balaban J connectivity index is 2.94. The Morgan fingerprint density at radius 3 is 2.65 bits per heavy atom. The van der Waals surface area contributed by atoms with Gasteiger partial charge in [0.05, 0.1) is 25.3 Å². The van der Waals surface area contributed by atoms with Gasteiger partial charge in [0.25, 0.3) is 5.88 Å². The van der Waals surface area contributed by atoms with Gasteiger partial charge in [-0.2, -0.15) is 0 Å². The topological polar surface area (TPSA) is 130 Å². The van der Waals surface area contributed by atoms with E-state index >= 15 is 0 Å². The maximum atomic E-state index is 11.7. The molecule has 0 unspecified atom stereocenters. The van der Waals surface area contributed by atoms with Gasteiger partial charge >= 0.3 is 12.1 Å². The van der Waals surface area contributed by atoms with Crippen LogP contribution in [0, 0.1) is 0 Å². The molecule has 0 saturated carbocycles. The fraction of sp³-hybridized carbons (Fsp3) is 0.429. The van der Waals surface area contributed by atoms with Gasteiger partial charge in [0.2, 0.25) is 5.91 Å². The van der Waals surface area contributed by atoms with Gasteiger partial charge in [-0.15, -0.1) is 0 Å². The second-order valence-electron chi connectivity index (χ2n) is 4.24. The zero-order chi connectivity index (χ0) is 17.2. The normalized spacial score (nSPS) is 9.87. The van der Waals surface area contributed by atoms with E-state index in [9.17, 15) is 14.4 Å². The summed E-state index contributed by atoms with van der Waals surface area (Å²) >= 11 is 0. The van der Waals surface area contributed by atoms with Gasteiger partial charge in [0, 0.05) is 12.3 Å². The van der Waals surface area contributed by atoms with Crippen molar-refractivity contribution < 1.29 is 28.6 Å². The van der Waals surface area contributed by atoms with Gasteiger partial charge in [0.15, 0.2) is 5.75 Å². The van der Waals surface area contributed by atoms with Crippen molar-refractivity contribution >= 4 is 18.0 Å². The monoisotopic (exact) mass is 325 g/mol. The molecular weight excluding hydrogens is 306 g/mol. The molecule has 126 valence electrons. The maximum Gasteiger partial charge on any atom is 0.420 e. The molecule has 9 heteroatoms. The Hall–Kier alpha value is -2.68. The number of rotatable bonds is 7. The molecule has 0 saturated heterocycles. The van der Waals surface area contributed by atoms with Crippen molar-refractivity contribution in [2.45, 2.75) is 20.3 Å². The lowest BCUT2D eigenvalue weighted by atomic mass is 10.3. The lowest BCUT2D eigenvalue weighted by molar-refractivity contribution is -0.118. The molecule has 0 fully saturated rings. The highest BCUT2D eigenvalue weighted by Gasteiger charge is 2.17. The van der Waals surface area contributed by atoms with Crippen LogP contribution in [0.5, 0.6) is 11.6 Å². The summed E-state index contributed by atoms with van der Waals surface area (Å²) in [5.41, 5.74) is 5.24. The van der Waals surface area contributed by atoms with Crippen molar-refractivity contribution in [3.05, 3.63) is 17.8 Å². The van der Waals surface area contributed by atoms with E-state index in [-0.39, 0.29) is 30.3 Å². The van der Waals surface area contributed by atoms with Crippen molar-refractivity contribution in [2.75, 3.05) is 19.8 Å². The van der Waals surface area contributed by atoms with Crippen LogP contribution >= 0.6 is 0 Å². The molecule has 0 aromatic carbocycles. The predicted molar refractivity (Wildman–Crippen MR) is 79.2 cm³/mol. The molecule has 23 heavy (non-hydrogen) atoms. The van der Waals surface area contributed by atoms with Crippen LogP contribution in [0.25, 0.3) is 0 Å². The second kappa shape index (κ2) is 9.36. The highest BCUT2D eigenvalue weighted by molar-refractivity contribution is 5.93. The lowest BCUT2D eigenvalue weighted by Gasteiger charge is -2.11. The largest absolute Gasteiger partial charge is 0.488 e. The molecular formula is C14H19N3O6. The molecule has 0 aliphatic heterocycles. The summed E-state index contributed by atoms with van der Waals surface area (Å²) in [7, 11) is 0. The number of aromatic nitrogens is 1. The minimum atomic E-state index is -1.04. The highest BCUT2D eigenvalue weighted by Crippen LogP contribution is 2.26. The summed E-state index contributed by atoms with van der Waals surface area (Å²) in [6.07, 6.45) is 0.837. The number of nitrogens with two attached hydrogens (primary N) is 1. The third-order valence-electron chi connectivity index (χ3n) is 2.41. The number of amides is 2. The Kier molecular flexibility index (Phi) is 7.48. The second-order valence-corrected chi connectivity index (χ2v) is 4.24. The Labute approximate surface area is 133 Å². The minimum Gasteiger partial charge on any atom is -0.488 e. The molecule has 0 bridgehead atoms. The Morgan fingerprint density at radius 1 is 1.30 bits per heavy atom. The maximum absolute atomic E-state index is 11.7. The number of imide groups is 1. The van der Waals surface area contributed by atoms with E-state index in [0.717, 1.165) is 0 Å². The highest BCUT2D eigenvalue weighted by atomic mass is 16.6. The van der Waals surface area contributed by atoms with Crippen molar-refractivity contribution in [1.82, 2.24) is 10.3 Å². The van der Waals surface area contributed by atoms with E-state index in [1.807, 2.05) is 12.2 Å². The molecule has 0 spiro atoms. The van der Waals surface area contributed by atoms with Gasteiger partial charge in [0.1, 0.15) is 0 Å². The van der Waals surface area contributed by atoms with E-state index in [2.05, 4.69) is 4.98 Å². The number of nitrogens with one attached hydrogen (secondary N) is 1. The van der Waals surface area contributed by atoms with Crippen LogP contribution in [0.3, 0.4) is 0 Å². The first-order valence-electron chi connectivity index (χ1n) is 7.03. The lowest BCUT2D eigenvalue weighted by Crippen LogP contribution is -2.37. The third-order valence-corrected chi connectivity index (χ3v) is 2.41. The molecule has 3 N–H and O–H groups in total. The number of nitrogens with zero attached hydrogens (tertiary/aromatic N) is 1.